The van der Waals surface area contributed by atoms with Crippen LogP contribution in [-0.2, 0) is 11.2 Å². The first-order valence-corrected chi connectivity index (χ1v) is 9.39. The van der Waals surface area contributed by atoms with Crippen LogP contribution < -0.4 is 15.9 Å². The molecule has 0 aliphatic rings. The molecule has 7 nitrogen and oxygen atoms in total. The molecule has 1 aromatic heterocycles. The number of nitrogen functional groups attached to an aromatic ring is 1. The summed E-state index contributed by atoms with van der Waals surface area (Å²) >= 11 is 1.21. The number of hydrogen-bond acceptors (Lipinski definition) is 6. The number of carbonyl (C=O) groups excluding carboxylic acids is 1. The number of methoxy groups -OCH3 is 1. The van der Waals surface area contributed by atoms with Gasteiger partial charge in [-0.25, -0.2) is 9.07 Å². The van der Waals surface area contributed by atoms with Crippen molar-refractivity contribution in [1.82, 2.24) is 14.9 Å². The van der Waals surface area contributed by atoms with E-state index in [-0.39, 0.29) is 11.7 Å². The molecule has 2 aromatic carbocycles. The van der Waals surface area contributed by atoms with Crippen molar-refractivity contribution in [1.29, 1.82) is 0 Å². The highest BCUT2D eigenvalue weighted by Crippen LogP contribution is 2.23. The highest BCUT2D eigenvalue weighted by molar-refractivity contribution is 8.00. The average Bonchev–Trinajstić information content (AvgIpc) is 3.03. The zero-order valence-corrected chi connectivity index (χ0v) is 16.2. The van der Waals surface area contributed by atoms with Gasteiger partial charge in [-0.3, -0.25) is 4.79 Å². The summed E-state index contributed by atoms with van der Waals surface area (Å²) < 4.78 is 19.5. The van der Waals surface area contributed by atoms with E-state index < -0.39 is 5.25 Å². The molecule has 1 atom stereocenters. The summed E-state index contributed by atoms with van der Waals surface area (Å²) in [5, 5.41) is 11.0. The number of benzene rings is 2. The Balaban J connectivity index is 1.61. The van der Waals surface area contributed by atoms with E-state index in [9.17, 15) is 9.18 Å². The molecule has 9 heteroatoms. The zero-order chi connectivity index (χ0) is 20.1. The van der Waals surface area contributed by atoms with E-state index in [1.54, 1.807) is 50.4 Å². The largest absolute Gasteiger partial charge is 0.497 e. The van der Waals surface area contributed by atoms with Gasteiger partial charge in [-0.2, -0.15) is 0 Å². The van der Waals surface area contributed by atoms with Gasteiger partial charge in [0.15, 0.2) is 5.82 Å². The number of amides is 1. The Morgan fingerprint density at radius 2 is 1.89 bits per heavy atom. The molecule has 3 rings (SSSR count). The summed E-state index contributed by atoms with van der Waals surface area (Å²) in [6, 6.07) is 13.2. The van der Waals surface area contributed by atoms with Crippen LogP contribution in [0.5, 0.6) is 5.75 Å². The van der Waals surface area contributed by atoms with E-state index in [1.165, 1.54) is 28.6 Å². The average molecular weight is 401 g/mol. The Labute approximate surface area is 166 Å². The lowest BCUT2D eigenvalue weighted by molar-refractivity contribution is -0.115. The Morgan fingerprint density at radius 3 is 2.54 bits per heavy atom. The lowest BCUT2D eigenvalue weighted by Gasteiger charge is -2.12. The van der Waals surface area contributed by atoms with E-state index in [2.05, 4.69) is 15.5 Å². The first kappa shape index (κ1) is 19.7. The zero-order valence-electron chi connectivity index (χ0n) is 15.4. The number of aromatic nitrogens is 3. The fourth-order valence-corrected chi connectivity index (χ4v) is 3.21. The van der Waals surface area contributed by atoms with Crippen LogP contribution in [0.2, 0.25) is 0 Å². The Bertz CT molecular complexity index is 944. The van der Waals surface area contributed by atoms with Crippen LogP contribution in [0, 0.1) is 5.82 Å². The third-order valence-electron chi connectivity index (χ3n) is 4.02. The first-order chi connectivity index (χ1) is 13.5. The number of halogens is 1. The second-order valence-electron chi connectivity index (χ2n) is 6.05. The van der Waals surface area contributed by atoms with E-state index in [4.69, 9.17) is 10.6 Å². The summed E-state index contributed by atoms with van der Waals surface area (Å²) in [6.07, 6.45) is 0.413. The lowest BCUT2D eigenvalue weighted by atomic mass is 10.1. The summed E-state index contributed by atoms with van der Waals surface area (Å²) in [5.74, 6) is 6.82. The maximum absolute atomic E-state index is 13.0. The number of carbonyl (C=O) groups is 1. The number of thioether (sulfide) groups is 1. The van der Waals surface area contributed by atoms with Gasteiger partial charge < -0.3 is 15.9 Å². The predicted molar refractivity (Wildman–Crippen MR) is 106 cm³/mol. The molecule has 1 heterocycles. The molecule has 0 fully saturated rings. The SMILES string of the molecule is COc1ccc(NC(=O)[C@H](C)Sc2nnc(Cc3ccc(F)cc3)n2N)cc1. The summed E-state index contributed by atoms with van der Waals surface area (Å²) in [4.78, 5) is 12.4. The number of hydrogen-bond donors (Lipinski definition) is 2. The minimum absolute atomic E-state index is 0.182. The smallest absolute Gasteiger partial charge is 0.237 e. The maximum atomic E-state index is 13.0. The van der Waals surface area contributed by atoms with Crippen molar-refractivity contribution >= 4 is 23.4 Å². The molecule has 3 aromatic rings. The topological polar surface area (TPSA) is 95.1 Å². The normalized spacial score (nSPS) is 11.8. The molecule has 0 saturated heterocycles. The van der Waals surface area contributed by atoms with Crippen LogP contribution in [0.3, 0.4) is 0 Å². The summed E-state index contributed by atoms with van der Waals surface area (Å²) in [5.41, 5.74) is 1.53. The van der Waals surface area contributed by atoms with Crippen LogP contribution in [0.25, 0.3) is 0 Å². The van der Waals surface area contributed by atoms with Crippen molar-refractivity contribution in [2.24, 2.45) is 0 Å². The number of rotatable bonds is 7. The molecule has 0 radical (unpaired) electrons. The number of ether oxygens (including phenoxy) is 1. The third kappa shape index (κ3) is 4.80. The number of nitrogens with zero attached hydrogens (tertiary/aromatic N) is 3. The minimum atomic E-state index is -0.438. The van der Waals surface area contributed by atoms with Gasteiger partial charge in [-0.15, -0.1) is 10.2 Å². The lowest BCUT2D eigenvalue weighted by Crippen LogP contribution is -2.23. The highest BCUT2D eigenvalue weighted by Gasteiger charge is 2.19. The second-order valence-corrected chi connectivity index (χ2v) is 7.36. The molecule has 0 aliphatic heterocycles. The van der Waals surface area contributed by atoms with Crippen molar-refractivity contribution in [3.63, 3.8) is 0 Å². The van der Waals surface area contributed by atoms with E-state index in [0.717, 1.165) is 5.56 Å². The molecular weight excluding hydrogens is 381 g/mol. The van der Waals surface area contributed by atoms with Gasteiger partial charge in [0.2, 0.25) is 11.1 Å². The molecular formula is C19H20FN5O2S. The van der Waals surface area contributed by atoms with Crippen LogP contribution in [-0.4, -0.2) is 33.1 Å². The van der Waals surface area contributed by atoms with Gasteiger partial charge in [0, 0.05) is 12.1 Å². The monoisotopic (exact) mass is 401 g/mol. The van der Waals surface area contributed by atoms with Crippen molar-refractivity contribution in [2.45, 2.75) is 23.8 Å². The molecule has 0 spiro atoms. The highest BCUT2D eigenvalue weighted by atomic mass is 32.2. The van der Waals surface area contributed by atoms with Gasteiger partial charge in [0.1, 0.15) is 11.6 Å². The third-order valence-corrected chi connectivity index (χ3v) is 5.08. The van der Waals surface area contributed by atoms with E-state index in [0.29, 0.717) is 28.8 Å². The van der Waals surface area contributed by atoms with Gasteiger partial charge in [0.25, 0.3) is 0 Å². The van der Waals surface area contributed by atoms with Crippen LogP contribution in [0.15, 0.2) is 53.7 Å². The Morgan fingerprint density at radius 1 is 1.21 bits per heavy atom. The maximum Gasteiger partial charge on any atom is 0.237 e. The van der Waals surface area contributed by atoms with Crippen LogP contribution in [0.1, 0.15) is 18.3 Å². The van der Waals surface area contributed by atoms with Crippen LogP contribution >= 0.6 is 11.8 Å². The molecule has 1 amide bonds. The molecule has 0 aliphatic carbocycles. The first-order valence-electron chi connectivity index (χ1n) is 8.51. The van der Waals surface area contributed by atoms with E-state index >= 15 is 0 Å². The van der Waals surface area contributed by atoms with Crippen molar-refractivity contribution in [2.75, 3.05) is 18.3 Å². The quantitative estimate of drug-likeness (QED) is 0.467. The Hall–Kier alpha value is -3.07. The number of nitrogens with two attached hydrogens (primary N) is 1. The molecule has 0 unspecified atom stereocenters. The predicted octanol–water partition coefficient (Wildman–Crippen LogP) is 2.85. The van der Waals surface area contributed by atoms with Gasteiger partial charge >= 0.3 is 0 Å². The molecule has 0 bridgehead atoms. The standard InChI is InChI=1S/C19H20FN5O2S/c1-12(18(26)22-15-7-9-16(27-2)10-8-15)28-19-24-23-17(25(19)21)11-13-3-5-14(20)6-4-13/h3-10,12H,11,21H2,1-2H3,(H,22,26)/t12-/m0/s1. The fourth-order valence-electron chi connectivity index (χ4n) is 2.42. The summed E-state index contributed by atoms with van der Waals surface area (Å²) in [6.45, 7) is 1.76. The van der Waals surface area contributed by atoms with Gasteiger partial charge in [-0.1, -0.05) is 23.9 Å². The fraction of sp³-hybridized carbons (Fsp3) is 0.211. The molecule has 28 heavy (non-hydrogen) atoms. The number of anilines is 1. The summed E-state index contributed by atoms with van der Waals surface area (Å²) in [7, 11) is 1.58. The van der Waals surface area contributed by atoms with Crippen molar-refractivity contribution < 1.29 is 13.9 Å². The van der Waals surface area contributed by atoms with Crippen molar-refractivity contribution in [3.05, 3.63) is 65.7 Å². The number of nitrogens with one attached hydrogen (secondary N) is 1. The molecule has 0 saturated carbocycles. The molecule has 3 N–H and O–H groups in total. The van der Waals surface area contributed by atoms with Gasteiger partial charge in [0.05, 0.1) is 12.4 Å². The minimum Gasteiger partial charge on any atom is -0.497 e. The Kier molecular flexibility index (Phi) is 6.15. The second kappa shape index (κ2) is 8.75. The van der Waals surface area contributed by atoms with Gasteiger partial charge in [-0.05, 0) is 48.9 Å². The van der Waals surface area contributed by atoms with Crippen molar-refractivity contribution in [3.8, 4) is 5.75 Å². The van der Waals surface area contributed by atoms with Crippen LogP contribution in [0.4, 0.5) is 10.1 Å². The molecule has 146 valence electrons. The van der Waals surface area contributed by atoms with E-state index in [1.807, 2.05) is 0 Å².